The summed E-state index contributed by atoms with van der Waals surface area (Å²) in [5.74, 6) is -0.0476. The smallest absolute Gasteiger partial charge is 0.262 e. The van der Waals surface area contributed by atoms with Crippen LogP contribution in [0.5, 0.6) is 5.75 Å². The number of aryl methyl sites for hydroxylation is 2. The maximum Gasteiger partial charge on any atom is 0.262 e. The number of fused-ring (bicyclic) bond motifs is 1. The fourth-order valence-electron chi connectivity index (χ4n) is 3.71. The van der Waals surface area contributed by atoms with E-state index in [1.165, 1.54) is 16.2 Å². The van der Waals surface area contributed by atoms with E-state index in [2.05, 4.69) is 16.7 Å². The van der Waals surface area contributed by atoms with E-state index in [4.69, 9.17) is 4.74 Å². The van der Waals surface area contributed by atoms with Gasteiger partial charge in [-0.05, 0) is 80.1 Å². The number of nitrogens with zero attached hydrogens (tertiary/aromatic N) is 1. The third-order valence-electron chi connectivity index (χ3n) is 5.63. The summed E-state index contributed by atoms with van der Waals surface area (Å²) in [4.78, 5) is 26.0. The van der Waals surface area contributed by atoms with Crippen molar-refractivity contribution in [2.75, 3.05) is 17.2 Å². The molecule has 2 N–H and O–H groups in total. The largest absolute Gasteiger partial charge is 0.484 e. The van der Waals surface area contributed by atoms with Crippen LogP contribution in [0.2, 0.25) is 0 Å². The van der Waals surface area contributed by atoms with Crippen molar-refractivity contribution in [1.29, 1.82) is 5.26 Å². The first-order valence-electron chi connectivity index (χ1n) is 10.4. The molecule has 0 saturated carbocycles. The molecule has 0 radical (unpaired) electrons. The highest BCUT2D eigenvalue weighted by Gasteiger charge is 2.23. The fraction of sp³-hybridized carbons (Fsp3) is 0.240. The Labute approximate surface area is 190 Å². The molecule has 7 heteroatoms. The highest BCUT2D eigenvalue weighted by Crippen LogP contribution is 2.38. The van der Waals surface area contributed by atoms with Crippen LogP contribution in [0.25, 0.3) is 0 Å². The van der Waals surface area contributed by atoms with Crippen LogP contribution < -0.4 is 15.4 Å². The SMILES string of the molecule is Cc1cccc(NC(=O)c2ccc(OCC(=O)Nc3sc4c(c3C#N)CCC4)cc2)c1C. The number of nitrogens with one attached hydrogen (secondary N) is 2. The Bertz CT molecular complexity index is 1220. The summed E-state index contributed by atoms with van der Waals surface area (Å²) in [7, 11) is 0. The van der Waals surface area contributed by atoms with Crippen LogP contribution >= 0.6 is 11.3 Å². The molecule has 1 heterocycles. The number of carbonyl (C=O) groups excluding carboxylic acids is 2. The second-order valence-electron chi connectivity index (χ2n) is 7.74. The van der Waals surface area contributed by atoms with Gasteiger partial charge in [-0.3, -0.25) is 9.59 Å². The Morgan fingerprint density at radius 1 is 1.09 bits per heavy atom. The summed E-state index contributed by atoms with van der Waals surface area (Å²) in [5, 5.41) is 15.7. The second kappa shape index (κ2) is 9.25. The van der Waals surface area contributed by atoms with Crippen LogP contribution in [-0.2, 0) is 17.6 Å². The maximum absolute atomic E-state index is 12.5. The molecule has 4 rings (SSSR count). The molecule has 0 unspecified atom stereocenters. The summed E-state index contributed by atoms with van der Waals surface area (Å²) in [6.45, 7) is 3.79. The molecular formula is C25H23N3O3S. The molecule has 0 fully saturated rings. The van der Waals surface area contributed by atoms with E-state index < -0.39 is 0 Å². The molecule has 3 aromatic rings. The first-order chi connectivity index (χ1) is 15.5. The number of rotatable bonds is 6. The fourth-order valence-corrected chi connectivity index (χ4v) is 4.96. The Balaban J connectivity index is 1.33. The number of benzene rings is 2. The number of hydrogen-bond donors (Lipinski definition) is 2. The lowest BCUT2D eigenvalue weighted by atomic mass is 10.1. The topological polar surface area (TPSA) is 91.2 Å². The average Bonchev–Trinajstić information content (AvgIpc) is 3.36. The van der Waals surface area contributed by atoms with Gasteiger partial charge in [-0.2, -0.15) is 5.26 Å². The molecule has 0 spiro atoms. The number of nitriles is 1. The standard InChI is InChI=1S/C25H23N3O3S/c1-15-5-3-7-21(16(15)2)27-24(30)17-9-11-18(12-10-17)31-14-23(29)28-25-20(13-26)19-6-4-8-22(19)32-25/h3,5,7,9-12H,4,6,8,14H2,1-2H3,(H,27,30)(H,28,29). The van der Waals surface area contributed by atoms with Crippen molar-refractivity contribution in [1.82, 2.24) is 0 Å². The van der Waals surface area contributed by atoms with Gasteiger partial charge in [-0.1, -0.05) is 12.1 Å². The second-order valence-corrected chi connectivity index (χ2v) is 8.84. The lowest BCUT2D eigenvalue weighted by Gasteiger charge is -2.11. The van der Waals surface area contributed by atoms with E-state index in [9.17, 15) is 14.9 Å². The molecule has 0 aliphatic heterocycles. The van der Waals surface area contributed by atoms with Gasteiger partial charge in [0.1, 0.15) is 16.8 Å². The van der Waals surface area contributed by atoms with Crippen molar-refractivity contribution in [2.24, 2.45) is 0 Å². The molecule has 1 aliphatic carbocycles. The first-order valence-corrected chi connectivity index (χ1v) is 11.2. The van der Waals surface area contributed by atoms with Gasteiger partial charge in [-0.15, -0.1) is 11.3 Å². The van der Waals surface area contributed by atoms with Gasteiger partial charge in [0.05, 0.1) is 5.56 Å². The predicted molar refractivity (Wildman–Crippen MR) is 125 cm³/mol. The van der Waals surface area contributed by atoms with Crippen LogP contribution in [0.15, 0.2) is 42.5 Å². The summed E-state index contributed by atoms with van der Waals surface area (Å²) >= 11 is 1.48. The van der Waals surface area contributed by atoms with Gasteiger partial charge in [0.25, 0.3) is 11.8 Å². The average molecular weight is 446 g/mol. The van der Waals surface area contributed by atoms with E-state index in [-0.39, 0.29) is 18.4 Å². The predicted octanol–water partition coefficient (Wildman–Crippen LogP) is 5.00. The van der Waals surface area contributed by atoms with Gasteiger partial charge < -0.3 is 15.4 Å². The molecule has 1 aromatic heterocycles. The summed E-state index contributed by atoms with van der Waals surface area (Å²) in [6.07, 6.45) is 2.92. The number of thiophene rings is 1. The zero-order valence-electron chi connectivity index (χ0n) is 18.0. The Morgan fingerprint density at radius 2 is 1.88 bits per heavy atom. The lowest BCUT2D eigenvalue weighted by molar-refractivity contribution is -0.118. The van der Waals surface area contributed by atoms with Gasteiger partial charge >= 0.3 is 0 Å². The molecule has 2 aromatic carbocycles. The normalized spacial score (nSPS) is 12.0. The number of ether oxygens (including phenoxy) is 1. The van der Waals surface area contributed by atoms with Crippen LogP contribution in [0.1, 0.15) is 43.9 Å². The van der Waals surface area contributed by atoms with Gasteiger partial charge in [0.2, 0.25) is 0 Å². The van der Waals surface area contributed by atoms with E-state index in [1.807, 2.05) is 32.0 Å². The van der Waals surface area contributed by atoms with Crippen LogP contribution in [-0.4, -0.2) is 18.4 Å². The van der Waals surface area contributed by atoms with Crippen LogP contribution in [0.4, 0.5) is 10.7 Å². The Morgan fingerprint density at radius 3 is 2.62 bits per heavy atom. The third-order valence-corrected chi connectivity index (χ3v) is 6.83. The molecule has 0 atom stereocenters. The molecule has 6 nitrogen and oxygen atoms in total. The molecule has 32 heavy (non-hydrogen) atoms. The molecule has 2 amide bonds. The molecular weight excluding hydrogens is 422 g/mol. The zero-order chi connectivity index (χ0) is 22.7. The summed E-state index contributed by atoms with van der Waals surface area (Å²) < 4.78 is 5.56. The van der Waals surface area contributed by atoms with Crippen molar-refractivity contribution in [2.45, 2.75) is 33.1 Å². The molecule has 162 valence electrons. The minimum Gasteiger partial charge on any atom is -0.484 e. The number of carbonyl (C=O) groups is 2. The van der Waals surface area contributed by atoms with Gasteiger partial charge in [-0.25, -0.2) is 0 Å². The minimum absolute atomic E-state index is 0.179. The molecule has 1 aliphatic rings. The van der Waals surface area contributed by atoms with E-state index in [0.29, 0.717) is 21.9 Å². The maximum atomic E-state index is 12.5. The quantitative estimate of drug-likeness (QED) is 0.559. The first kappa shape index (κ1) is 21.6. The highest BCUT2D eigenvalue weighted by molar-refractivity contribution is 7.16. The van der Waals surface area contributed by atoms with Crippen molar-refractivity contribution in [3.05, 3.63) is 75.2 Å². The minimum atomic E-state index is -0.321. The Hall–Kier alpha value is -3.63. The summed E-state index contributed by atoms with van der Waals surface area (Å²) in [6, 6.07) is 14.6. The van der Waals surface area contributed by atoms with E-state index in [1.54, 1.807) is 24.3 Å². The zero-order valence-corrected chi connectivity index (χ0v) is 18.8. The van der Waals surface area contributed by atoms with Gasteiger partial charge in [0.15, 0.2) is 6.61 Å². The van der Waals surface area contributed by atoms with Crippen LogP contribution in [0.3, 0.4) is 0 Å². The highest BCUT2D eigenvalue weighted by atomic mass is 32.1. The van der Waals surface area contributed by atoms with E-state index in [0.717, 1.165) is 41.6 Å². The van der Waals surface area contributed by atoms with Crippen molar-refractivity contribution >= 4 is 33.8 Å². The van der Waals surface area contributed by atoms with Crippen molar-refractivity contribution < 1.29 is 14.3 Å². The van der Waals surface area contributed by atoms with Crippen LogP contribution in [0, 0.1) is 25.2 Å². The number of hydrogen-bond acceptors (Lipinski definition) is 5. The Kier molecular flexibility index (Phi) is 6.24. The lowest BCUT2D eigenvalue weighted by Crippen LogP contribution is -2.20. The van der Waals surface area contributed by atoms with Crippen molar-refractivity contribution in [3.8, 4) is 11.8 Å². The van der Waals surface area contributed by atoms with Crippen molar-refractivity contribution in [3.63, 3.8) is 0 Å². The van der Waals surface area contributed by atoms with Gasteiger partial charge in [0, 0.05) is 16.1 Å². The molecule has 0 bridgehead atoms. The monoisotopic (exact) mass is 445 g/mol. The third kappa shape index (κ3) is 4.51. The number of anilines is 2. The van der Waals surface area contributed by atoms with E-state index >= 15 is 0 Å². The number of amides is 2. The molecule has 0 saturated heterocycles. The summed E-state index contributed by atoms with van der Waals surface area (Å²) in [5.41, 5.74) is 5.07.